The Morgan fingerprint density at radius 1 is 0.769 bits per heavy atom. The third-order valence-electron chi connectivity index (χ3n) is 10.1. The molecule has 3 aromatic carbocycles. The lowest BCUT2D eigenvalue weighted by atomic mass is 9.90. The molecule has 52 heavy (non-hydrogen) atoms. The van der Waals surface area contributed by atoms with Crippen LogP contribution in [0.3, 0.4) is 0 Å². The van der Waals surface area contributed by atoms with Crippen LogP contribution in [-0.2, 0) is 20.7 Å². The summed E-state index contributed by atoms with van der Waals surface area (Å²) in [6.07, 6.45) is 3.86. The third kappa shape index (κ3) is 10.7. The number of amides is 2. The van der Waals surface area contributed by atoms with E-state index in [1.165, 1.54) is 0 Å². The molecule has 278 valence electrons. The molecule has 2 amide bonds. The van der Waals surface area contributed by atoms with E-state index < -0.39 is 15.2 Å². The van der Waals surface area contributed by atoms with Gasteiger partial charge in [0.25, 0.3) is 15.6 Å². The maximum absolute atomic E-state index is 14.4. The van der Waals surface area contributed by atoms with Gasteiger partial charge in [-0.3, -0.25) is 19.4 Å². The number of hydrogen-bond donors (Lipinski definition) is 1. The van der Waals surface area contributed by atoms with E-state index in [2.05, 4.69) is 38.2 Å². The number of ether oxygens (including phenoxy) is 2. The highest BCUT2D eigenvalue weighted by atomic mass is 35.6. The molecule has 0 bridgehead atoms. The van der Waals surface area contributed by atoms with Crippen molar-refractivity contribution in [3.63, 3.8) is 0 Å². The summed E-state index contributed by atoms with van der Waals surface area (Å²) in [6, 6.07) is 27.6. The average Bonchev–Trinajstić information content (AvgIpc) is 3.56. The number of alkyl halides is 3. The first-order valence-electron chi connectivity index (χ1n) is 18.1. The van der Waals surface area contributed by atoms with Crippen molar-refractivity contribution < 1.29 is 19.1 Å². The average molecular weight is 769 g/mol. The highest BCUT2D eigenvalue weighted by molar-refractivity contribution is 6.76. The molecule has 2 saturated heterocycles. The number of morpholine rings is 2. The van der Waals surface area contributed by atoms with E-state index in [0.29, 0.717) is 31.4 Å². The van der Waals surface area contributed by atoms with Crippen molar-refractivity contribution >= 4 is 58.0 Å². The van der Waals surface area contributed by atoms with Crippen molar-refractivity contribution in [2.24, 2.45) is 0 Å². The first kappa shape index (κ1) is 38.6. The smallest absolute Gasteiger partial charge is 0.272 e. The summed E-state index contributed by atoms with van der Waals surface area (Å²) in [6.45, 7) is 10.7. The van der Waals surface area contributed by atoms with Gasteiger partial charge >= 0.3 is 0 Å². The summed E-state index contributed by atoms with van der Waals surface area (Å²) < 4.78 is 9.09. The topological polar surface area (TPSA) is 77.6 Å². The van der Waals surface area contributed by atoms with Crippen molar-refractivity contribution in [1.82, 2.24) is 15.1 Å². The van der Waals surface area contributed by atoms with Gasteiger partial charge in [0, 0.05) is 75.8 Å². The predicted molar refractivity (Wildman–Crippen MR) is 210 cm³/mol. The Kier molecular flexibility index (Phi) is 13.5. The Hall–Kier alpha value is -3.15. The molecule has 2 aliphatic heterocycles. The van der Waals surface area contributed by atoms with Crippen LogP contribution < -0.4 is 15.1 Å². The fourth-order valence-corrected chi connectivity index (χ4v) is 7.35. The van der Waals surface area contributed by atoms with Crippen LogP contribution in [0.25, 0.3) is 0 Å². The molecule has 1 atom stereocenters. The summed E-state index contributed by atoms with van der Waals surface area (Å²) in [5.41, 5.74) is 3.76. The van der Waals surface area contributed by atoms with Crippen LogP contribution >= 0.6 is 34.8 Å². The summed E-state index contributed by atoms with van der Waals surface area (Å²) >= 11 is 18.1. The van der Waals surface area contributed by atoms with Crippen LogP contribution in [-0.4, -0.2) is 116 Å². The Labute approximate surface area is 322 Å². The quantitative estimate of drug-likeness (QED) is 0.160. The van der Waals surface area contributed by atoms with Crippen LogP contribution in [0.1, 0.15) is 28.8 Å². The van der Waals surface area contributed by atoms with Gasteiger partial charge in [-0.05, 0) is 55.2 Å². The zero-order valence-corrected chi connectivity index (χ0v) is 31.8. The Balaban J connectivity index is 1.29. The predicted octanol–water partition coefficient (Wildman–Crippen LogP) is 5.99. The Bertz CT molecular complexity index is 1620. The lowest BCUT2D eigenvalue weighted by Crippen LogP contribution is -2.51. The maximum atomic E-state index is 14.4. The fourth-order valence-electron chi connectivity index (χ4n) is 7.20. The van der Waals surface area contributed by atoms with Crippen LogP contribution in [0.4, 0.5) is 11.4 Å². The summed E-state index contributed by atoms with van der Waals surface area (Å²) in [7, 11) is 0. The minimum atomic E-state index is -2.11. The van der Waals surface area contributed by atoms with Crippen molar-refractivity contribution in [3.8, 4) is 0 Å². The molecule has 1 N–H and O–H groups in total. The first-order chi connectivity index (χ1) is 25.2. The first-order valence-corrected chi connectivity index (χ1v) is 19.3. The zero-order valence-electron chi connectivity index (χ0n) is 29.5. The minimum Gasteiger partial charge on any atom is -0.379 e. The number of carbonyl (C=O) groups excluding carboxylic acids is 2. The van der Waals surface area contributed by atoms with E-state index in [9.17, 15) is 9.59 Å². The molecule has 0 aromatic heterocycles. The SMILES string of the molecule is O=C(c1ccccc1)N(CC1=CC(Cc2ccccc2)(NC(=O)C(Cl)(Cl)Cl)CC1)c1cccc(N(CCN2CCOCC2)CCN2CCOCC2)c1. The molecule has 6 rings (SSSR count). The van der Waals surface area contributed by atoms with E-state index in [4.69, 9.17) is 44.3 Å². The fraction of sp³-hybridized carbons (Fsp3) is 0.450. The number of halogens is 3. The van der Waals surface area contributed by atoms with Gasteiger partial charge in [0.15, 0.2) is 0 Å². The van der Waals surface area contributed by atoms with Gasteiger partial charge in [-0.2, -0.15) is 0 Å². The molecular formula is C40H48Cl3N5O4. The number of hydrogen-bond acceptors (Lipinski definition) is 7. The second kappa shape index (κ2) is 18.3. The van der Waals surface area contributed by atoms with E-state index >= 15 is 0 Å². The molecule has 1 aliphatic carbocycles. The molecule has 0 saturated carbocycles. The van der Waals surface area contributed by atoms with E-state index in [1.54, 1.807) is 0 Å². The van der Waals surface area contributed by atoms with Crippen molar-refractivity contribution in [2.45, 2.75) is 28.6 Å². The normalized spacial score (nSPS) is 19.9. The molecule has 2 fully saturated rings. The van der Waals surface area contributed by atoms with Gasteiger partial charge in [0.2, 0.25) is 0 Å². The minimum absolute atomic E-state index is 0.0993. The van der Waals surface area contributed by atoms with Gasteiger partial charge in [-0.15, -0.1) is 0 Å². The molecule has 0 radical (unpaired) electrons. The van der Waals surface area contributed by atoms with Crippen LogP contribution in [0.5, 0.6) is 0 Å². The van der Waals surface area contributed by atoms with Gasteiger partial charge < -0.3 is 24.6 Å². The molecule has 0 spiro atoms. The van der Waals surface area contributed by atoms with Crippen molar-refractivity contribution in [2.75, 3.05) is 95.1 Å². The number of benzene rings is 3. The Morgan fingerprint density at radius 3 is 1.94 bits per heavy atom. The molecule has 1 unspecified atom stereocenters. The second-order valence-electron chi connectivity index (χ2n) is 13.7. The van der Waals surface area contributed by atoms with E-state index in [1.807, 2.05) is 77.7 Å². The standard InChI is InChI=1S/C40H48Cl3N5O4/c41-40(42,43)38(50)44-39(29-32-8-3-1-4-9-32)15-14-33(30-39)31-48(37(49)34-10-5-2-6-11-34)36-13-7-12-35(28-36)47(18-16-45-20-24-51-25-21-45)19-17-46-22-26-52-27-23-46/h1-13,28,30H,14-27,29,31H2,(H,44,50). The lowest BCUT2D eigenvalue weighted by Gasteiger charge is -2.34. The summed E-state index contributed by atoms with van der Waals surface area (Å²) in [4.78, 5) is 36.6. The van der Waals surface area contributed by atoms with Crippen LogP contribution in [0.2, 0.25) is 0 Å². The molecular weight excluding hydrogens is 721 g/mol. The van der Waals surface area contributed by atoms with Crippen LogP contribution in [0, 0.1) is 0 Å². The summed E-state index contributed by atoms with van der Waals surface area (Å²) in [5, 5.41) is 3.05. The second-order valence-corrected chi connectivity index (χ2v) is 16.0. The molecule has 9 nitrogen and oxygen atoms in total. The van der Waals surface area contributed by atoms with E-state index in [-0.39, 0.29) is 5.91 Å². The zero-order chi connectivity index (χ0) is 36.4. The van der Waals surface area contributed by atoms with Crippen molar-refractivity contribution in [3.05, 3.63) is 108 Å². The van der Waals surface area contributed by atoms with E-state index in [0.717, 1.165) is 101 Å². The van der Waals surface area contributed by atoms with Gasteiger partial charge in [-0.25, -0.2) is 0 Å². The highest BCUT2D eigenvalue weighted by Crippen LogP contribution is 2.36. The molecule has 3 aliphatic rings. The van der Waals surface area contributed by atoms with Crippen molar-refractivity contribution in [1.29, 1.82) is 0 Å². The number of anilines is 2. The monoisotopic (exact) mass is 767 g/mol. The van der Waals surface area contributed by atoms with Gasteiger partial charge in [0.05, 0.1) is 32.0 Å². The summed E-state index contributed by atoms with van der Waals surface area (Å²) in [5.74, 6) is -0.775. The van der Waals surface area contributed by atoms with Gasteiger partial charge in [-0.1, -0.05) is 101 Å². The Morgan fingerprint density at radius 2 is 1.35 bits per heavy atom. The van der Waals surface area contributed by atoms with Gasteiger partial charge in [0.1, 0.15) is 0 Å². The number of rotatable bonds is 14. The molecule has 12 heteroatoms. The number of carbonyl (C=O) groups is 2. The number of nitrogens with one attached hydrogen (secondary N) is 1. The molecule has 2 heterocycles. The third-order valence-corrected chi connectivity index (χ3v) is 10.6. The maximum Gasteiger partial charge on any atom is 0.272 e. The highest BCUT2D eigenvalue weighted by Gasteiger charge is 2.41. The molecule has 3 aromatic rings. The largest absolute Gasteiger partial charge is 0.379 e. The lowest BCUT2D eigenvalue weighted by molar-refractivity contribution is -0.121. The van der Waals surface area contributed by atoms with Crippen LogP contribution in [0.15, 0.2) is 96.6 Å². The number of nitrogens with zero attached hydrogens (tertiary/aromatic N) is 4.